The maximum Gasteiger partial charge on any atom is 0.226 e. The number of nitrogens with zero attached hydrogens (tertiary/aromatic N) is 1. The fourth-order valence-corrected chi connectivity index (χ4v) is 2.12. The van der Waals surface area contributed by atoms with Crippen molar-refractivity contribution < 1.29 is 4.79 Å². The van der Waals surface area contributed by atoms with E-state index in [0.717, 1.165) is 36.2 Å². The Hall–Kier alpha value is -1.88. The fourth-order valence-electron chi connectivity index (χ4n) is 2.12. The summed E-state index contributed by atoms with van der Waals surface area (Å²) in [6.45, 7) is 2.78. The molecule has 0 aliphatic carbocycles. The lowest BCUT2D eigenvalue weighted by molar-refractivity contribution is -0.120. The highest BCUT2D eigenvalue weighted by atomic mass is 16.1. The largest absolute Gasteiger partial charge is 0.355 e. The van der Waals surface area contributed by atoms with Crippen LogP contribution in [0.4, 0.5) is 0 Å². The van der Waals surface area contributed by atoms with Crippen LogP contribution in [-0.2, 0) is 11.2 Å². The zero-order valence-corrected chi connectivity index (χ0v) is 10.1. The lowest BCUT2D eigenvalue weighted by atomic mass is 10.0. The van der Waals surface area contributed by atoms with E-state index < -0.39 is 0 Å². The van der Waals surface area contributed by atoms with Gasteiger partial charge < -0.3 is 10.6 Å². The van der Waals surface area contributed by atoms with Crippen molar-refractivity contribution in [1.29, 1.82) is 0 Å². The number of hydrogen-bond acceptors (Lipinski definition) is 3. The molecular weight excluding hydrogens is 228 g/mol. The van der Waals surface area contributed by atoms with Gasteiger partial charge in [-0.05, 0) is 6.07 Å². The summed E-state index contributed by atoms with van der Waals surface area (Å²) in [4.78, 5) is 11.8. The van der Waals surface area contributed by atoms with Gasteiger partial charge in [0.05, 0.1) is 17.6 Å². The molecule has 2 heterocycles. The molecule has 3 rings (SSSR count). The number of fused-ring (bicyclic) bond motifs is 1. The first-order chi connectivity index (χ1) is 8.83. The van der Waals surface area contributed by atoms with Crippen LogP contribution in [0.5, 0.6) is 0 Å². The lowest BCUT2D eigenvalue weighted by Gasteiger charge is -2.27. The summed E-state index contributed by atoms with van der Waals surface area (Å²) in [5.74, 6) is 0.642. The van der Waals surface area contributed by atoms with Crippen molar-refractivity contribution in [3.8, 4) is 0 Å². The van der Waals surface area contributed by atoms with Gasteiger partial charge in [0.2, 0.25) is 5.91 Å². The first-order valence-corrected chi connectivity index (χ1v) is 6.22. The zero-order valence-electron chi connectivity index (χ0n) is 10.1. The summed E-state index contributed by atoms with van der Waals surface area (Å²) in [5, 5.41) is 14.3. The molecule has 0 bridgehead atoms. The number of amides is 1. The van der Waals surface area contributed by atoms with Gasteiger partial charge >= 0.3 is 0 Å². The van der Waals surface area contributed by atoms with Crippen LogP contribution in [-0.4, -0.2) is 35.7 Å². The average Bonchev–Trinajstić information content (AvgIpc) is 2.71. The van der Waals surface area contributed by atoms with Crippen LogP contribution in [0.2, 0.25) is 0 Å². The molecule has 0 saturated carbocycles. The first kappa shape index (κ1) is 11.2. The molecule has 1 aromatic carbocycles. The maximum absolute atomic E-state index is 11.8. The van der Waals surface area contributed by atoms with E-state index in [1.807, 2.05) is 24.3 Å². The first-order valence-electron chi connectivity index (χ1n) is 6.22. The van der Waals surface area contributed by atoms with Crippen LogP contribution < -0.4 is 10.6 Å². The number of aromatic amines is 1. The van der Waals surface area contributed by atoms with Crippen molar-refractivity contribution in [3.05, 3.63) is 30.0 Å². The third-order valence-electron chi connectivity index (χ3n) is 3.33. The summed E-state index contributed by atoms with van der Waals surface area (Å²) in [6, 6.07) is 7.82. The molecule has 5 nitrogen and oxygen atoms in total. The summed E-state index contributed by atoms with van der Waals surface area (Å²) in [5.41, 5.74) is 1.79. The van der Waals surface area contributed by atoms with Gasteiger partial charge in [0.1, 0.15) is 0 Å². The Morgan fingerprint density at radius 3 is 3.00 bits per heavy atom. The van der Waals surface area contributed by atoms with Gasteiger partial charge in [0, 0.05) is 30.9 Å². The Bertz CT molecular complexity index is 559. The van der Waals surface area contributed by atoms with E-state index in [9.17, 15) is 4.79 Å². The summed E-state index contributed by atoms with van der Waals surface area (Å²) in [6.07, 6.45) is 0.362. The Labute approximate surface area is 105 Å². The van der Waals surface area contributed by atoms with Crippen molar-refractivity contribution >= 4 is 16.8 Å². The van der Waals surface area contributed by atoms with E-state index in [1.165, 1.54) is 0 Å². The number of benzene rings is 1. The molecule has 18 heavy (non-hydrogen) atoms. The Morgan fingerprint density at radius 2 is 2.22 bits per heavy atom. The molecule has 5 heteroatoms. The summed E-state index contributed by atoms with van der Waals surface area (Å²) >= 11 is 0. The van der Waals surface area contributed by atoms with E-state index in [2.05, 4.69) is 20.8 Å². The highest BCUT2D eigenvalue weighted by Gasteiger charge is 2.17. The van der Waals surface area contributed by atoms with E-state index in [1.54, 1.807) is 0 Å². The fraction of sp³-hybridized carbons (Fsp3) is 0.385. The molecule has 1 fully saturated rings. The standard InChI is InChI=1S/C13H16N4O/c18-13(15-8-9-6-14-7-9)5-12-10-3-1-2-4-11(10)16-17-12/h1-4,9,14H,5-8H2,(H,15,18)(H,16,17). The van der Waals surface area contributed by atoms with Crippen molar-refractivity contribution in [2.45, 2.75) is 6.42 Å². The molecule has 1 aromatic heterocycles. The Kier molecular flexibility index (Phi) is 2.98. The van der Waals surface area contributed by atoms with Gasteiger partial charge in [0.25, 0.3) is 0 Å². The summed E-state index contributed by atoms with van der Waals surface area (Å²) < 4.78 is 0. The summed E-state index contributed by atoms with van der Waals surface area (Å²) in [7, 11) is 0. The topological polar surface area (TPSA) is 69.8 Å². The normalized spacial score (nSPS) is 15.6. The quantitative estimate of drug-likeness (QED) is 0.731. The van der Waals surface area contributed by atoms with Gasteiger partial charge in [0.15, 0.2) is 0 Å². The average molecular weight is 244 g/mol. The van der Waals surface area contributed by atoms with E-state index in [4.69, 9.17) is 0 Å². The minimum atomic E-state index is 0.0521. The van der Waals surface area contributed by atoms with Crippen LogP contribution in [0.1, 0.15) is 5.69 Å². The number of carbonyl (C=O) groups is 1. The SMILES string of the molecule is O=C(Cc1[nH]nc2ccccc12)NCC1CNC1. The van der Waals surface area contributed by atoms with Crippen molar-refractivity contribution in [2.75, 3.05) is 19.6 Å². The molecular formula is C13H16N4O. The third-order valence-corrected chi connectivity index (χ3v) is 3.33. The van der Waals surface area contributed by atoms with Crippen LogP contribution >= 0.6 is 0 Å². The van der Waals surface area contributed by atoms with Crippen LogP contribution in [0.3, 0.4) is 0 Å². The van der Waals surface area contributed by atoms with Crippen molar-refractivity contribution in [2.24, 2.45) is 5.92 Å². The monoisotopic (exact) mass is 244 g/mol. The number of H-pyrrole nitrogens is 1. The van der Waals surface area contributed by atoms with Gasteiger partial charge in [-0.1, -0.05) is 18.2 Å². The highest BCUT2D eigenvalue weighted by molar-refractivity contribution is 5.87. The van der Waals surface area contributed by atoms with Gasteiger partial charge in [-0.2, -0.15) is 5.10 Å². The minimum absolute atomic E-state index is 0.0521. The highest BCUT2D eigenvalue weighted by Crippen LogP contribution is 2.15. The smallest absolute Gasteiger partial charge is 0.226 e. The number of carbonyl (C=O) groups excluding carboxylic acids is 1. The third kappa shape index (κ3) is 2.22. The molecule has 1 amide bonds. The predicted octanol–water partition coefficient (Wildman–Crippen LogP) is 0.441. The van der Waals surface area contributed by atoms with Gasteiger partial charge in [-0.15, -0.1) is 0 Å². The molecule has 0 unspecified atom stereocenters. The van der Waals surface area contributed by atoms with Gasteiger partial charge in [-0.3, -0.25) is 9.89 Å². The second-order valence-corrected chi connectivity index (χ2v) is 4.72. The van der Waals surface area contributed by atoms with E-state index in [-0.39, 0.29) is 5.91 Å². The number of aromatic nitrogens is 2. The number of hydrogen-bond donors (Lipinski definition) is 3. The molecule has 94 valence electrons. The molecule has 0 radical (unpaired) electrons. The molecule has 2 aromatic rings. The van der Waals surface area contributed by atoms with Crippen LogP contribution in [0.15, 0.2) is 24.3 Å². The number of nitrogens with one attached hydrogen (secondary N) is 3. The minimum Gasteiger partial charge on any atom is -0.355 e. The number of rotatable bonds is 4. The van der Waals surface area contributed by atoms with E-state index in [0.29, 0.717) is 12.3 Å². The molecule has 1 aliphatic heterocycles. The molecule has 3 N–H and O–H groups in total. The Balaban J connectivity index is 1.62. The Morgan fingerprint density at radius 1 is 1.39 bits per heavy atom. The van der Waals surface area contributed by atoms with Crippen molar-refractivity contribution in [3.63, 3.8) is 0 Å². The van der Waals surface area contributed by atoms with Gasteiger partial charge in [-0.25, -0.2) is 0 Å². The molecule has 1 saturated heterocycles. The number of para-hydroxylation sites is 1. The second kappa shape index (κ2) is 4.78. The van der Waals surface area contributed by atoms with Crippen LogP contribution in [0.25, 0.3) is 10.9 Å². The molecule has 0 spiro atoms. The predicted molar refractivity (Wildman–Crippen MR) is 69.2 cm³/mol. The van der Waals surface area contributed by atoms with E-state index >= 15 is 0 Å². The lowest BCUT2D eigenvalue weighted by Crippen LogP contribution is -2.48. The van der Waals surface area contributed by atoms with Crippen molar-refractivity contribution in [1.82, 2.24) is 20.8 Å². The molecule has 1 aliphatic rings. The van der Waals surface area contributed by atoms with Crippen LogP contribution in [0, 0.1) is 5.92 Å². The maximum atomic E-state index is 11.8. The zero-order chi connectivity index (χ0) is 12.4. The molecule has 0 atom stereocenters. The second-order valence-electron chi connectivity index (χ2n) is 4.72.